The molecular weight excluding hydrogens is 411 g/mol. The quantitative estimate of drug-likeness (QED) is 0.402. The van der Waals surface area contributed by atoms with Crippen molar-refractivity contribution >= 4 is 5.96 Å². The zero-order valence-electron chi connectivity index (χ0n) is 17.2. The largest absolute Gasteiger partial charge is 0.490 e. The minimum absolute atomic E-state index is 0.0464. The van der Waals surface area contributed by atoms with Crippen LogP contribution in [0.1, 0.15) is 19.4 Å². The van der Waals surface area contributed by atoms with Gasteiger partial charge >= 0.3 is 12.8 Å². The van der Waals surface area contributed by atoms with Crippen LogP contribution in [0.4, 0.5) is 22.0 Å². The Morgan fingerprint density at radius 1 is 1.17 bits per heavy atom. The molecule has 0 bridgehead atoms. The van der Waals surface area contributed by atoms with Crippen molar-refractivity contribution in [1.29, 1.82) is 0 Å². The maximum atomic E-state index is 12.9. The van der Waals surface area contributed by atoms with Gasteiger partial charge in [0.15, 0.2) is 17.5 Å². The van der Waals surface area contributed by atoms with Crippen molar-refractivity contribution in [2.45, 2.75) is 39.2 Å². The maximum absolute atomic E-state index is 12.9. The molecule has 2 rings (SSSR count). The van der Waals surface area contributed by atoms with E-state index in [1.54, 1.807) is 26.1 Å². The number of hydrogen-bond acceptors (Lipinski definition) is 4. The molecule has 0 amide bonds. The first-order valence-electron chi connectivity index (χ1n) is 9.62. The van der Waals surface area contributed by atoms with E-state index in [2.05, 4.69) is 15.0 Å². The number of nitrogens with zero attached hydrogens (tertiary/aromatic N) is 3. The van der Waals surface area contributed by atoms with Crippen molar-refractivity contribution in [2.75, 3.05) is 39.8 Å². The fourth-order valence-corrected chi connectivity index (χ4v) is 3.17. The standard InChI is InChI=1S/C19H27F5N4O2/c1-4-29-16-11-14(5-6-15(16)30-17(20)21)12-26-18(25-3)28-9-7-27(8-10-28)13(2)19(22,23)24/h5-6,11,13,17H,4,7-10,12H2,1-3H3,(H,25,26). The van der Waals surface area contributed by atoms with Gasteiger partial charge in [-0.15, -0.1) is 0 Å². The van der Waals surface area contributed by atoms with Crippen molar-refractivity contribution < 1.29 is 31.4 Å². The van der Waals surface area contributed by atoms with E-state index in [0.717, 1.165) is 5.56 Å². The van der Waals surface area contributed by atoms with E-state index in [-0.39, 0.29) is 24.6 Å². The lowest BCUT2D eigenvalue weighted by Crippen LogP contribution is -2.56. The second-order valence-corrected chi connectivity index (χ2v) is 6.73. The first-order valence-corrected chi connectivity index (χ1v) is 9.62. The molecule has 30 heavy (non-hydrogen) atoms. The third-order valence-corrected chi connectivity index (χ3v) is 4.82. The fourth-order valence-electron chi connectivity index (χ4n) is 3.17. The molecule has 1 N–H and O–H groups in total. The highest BCUT2D eigenvalue weighted by molar-refractivity contribution is 5.80. The summed E-state index contributed by atoms with van der Waals surface area (Å²) in [6, 6.07) is 3.16. The molecule has 1 aromatic carbocycles. The van der Waals surface area contributed by atoms with Gasteiger partial charge in [0, 0.05) is 39.8 Å². The van der Waals surface area contributed by atoms with Gasteiger partial charge in [0.05, 0.1) is 6.61 Å². The number of halogens is 5. The normalized spacial score (nSPS) is 17.2. The predicted octanol–water partition coefficient (Wildman–Crippen LogP) is 3.33. The number of rotatable bonds is 7. The number of benzene rings is 1. The van der Waals surface area contributed by atoms with Crippen LogP contribution in [0.5, 0.6) is 11.5 Å². The van der Waals surface area contributed by atoms with E-state index in [4.69, 9.17) is 4.74 Å². The van der Waals surface area contributed by atoms with Crippen LogP contribution in [0.25, 0.3) is 0 Å². The Kier molecular flexibility index (Phi) is 8.51. The molecule has 0 aliphatic carbocycles. The number of nitrogens with one attached hydrogen (secondary N) is 1. The molecule has 0 spiro atoms. The summed E-state index contributed by atoms with van der Waals surface area (Å²) in [5.41, 5.74) is 0.755. The number of ether oxygens (including phenoxy) is 2. The van der Waals surface area contributed by atoms with E-state index >= 15 is 0 Å². The smallest absolute Gasteiger partial charge is 0.403 e. The molecule has 170 valence electrons. The third-order valence-electron chi connectivity index (χ3n) is 4.82. The van der Waals surface area contributed by atoms with Crippen molar-refractivity contribution in [2.24, 2.45) is 4.99 Å². The zero-order chi connectivity index (χ0) is 22.3. The lowest BCUT2D eigenvalue weighted by atomic mass is 10.2. The van der Waals surface area contributed by atoms with Crippen LogP contribution in [0, 0.1) is 0 Å². The average Bonchev–Trinajstić information content (AvgIpc) is 2.69. The molecular formula is C19H27F5N4O2. The molecule has 0 radical (unpaired) electrons. The minimum Gasteiger partial charge on any atom is -0.490 e. The number of hydrogen-bond donors (Lipinski definition) is 1. The Balaban J connectivity index is 1.95. The number of aliphatic imine (C=N–C) groups is 1. The van der Waals surface area contributed by atoms with Crippen molar-refractivity contribution in [3.8, 4) is 11.5 Å². The Hall–Kier alpha value is -2.30. The molecule has 1 unspecified atom stereocenters. The molecule has 0 aromatic heterocycles. The molecule has 6 nitrogen and oxygen atoms in total. The maximum Gasteiger partial charge on any atom is 0.403 e. The first-order chi connectivity index (χ1) is 14.2. The lowest BCUT2D eigenvalue weighted by molar-refractivity contribution is -0.181. The van der Waals surface area contributed by atoms with Crippen LogP contribution in [0.2, 0.25) is 0 Å². The van der Waals surface area contributed by atoms with Crippen LogP contribution in [0.3, 0.4) is 0 Å². The van der Waals surface area contributed by atoms with Crippen LogP contribution >= 0.6 is 0 Å². The molecule has 1 aliphatic rings. The first kappa shape index (κ1) is 24.0. The van der Waals surface area contributed by atoms with E-state index in [1.165, 1.54) is 17.9 Å². The zero-order valence-corrected chi connectivity index (χ0v) is 17.2. The SMILES string of the molecule is CCOc1cc(CNC(=NC)N2CCN(C(C)C(F)(F)F)CC2)ccc1OC(F)F. The van der Waals surface area contributed by atoms with Crippen LogP contribution in [0.15, 0.2) is 23.2 Å². The Bertz CT molecular complexity index is 707. The average molecular weight is 438 g/mol. The highest BCUT2D eigenvalue weighted by atomic mass is 19.4. The molecule has 0 saturated carbocycles. The Morgan fingerprint density at radius 2 is 1.83 bits per heavy atom. The summed E-state index contributed by atoms with van der Waals surface area (Å²) >= 11 is 0. The third kappa shape index (κ3) is 6.61. The van der Waals surface area contributed by atoms with E-state index in [1.807, 2.05) is 4.90 Å². The lowest BCUT2D eigenvalue weighted by Gasteiger charge is -2.39. The van der Waals surface area contributed by atoms with E-state index in [9.17, 15) is 22.0 Å². The van der Waals surface area contributed by atoms with Gasteiger partial charge in [0.2, 0.25) is 0 Å². The van der Waals surface area contributed by atoms with Gasteiger partial charge in [0.1, 0.15) is 6.04 Å². The molecule has 1 saturated heterocycles. The minimum atomic E-state index is -4.25. The van der Waals surface area contributed by atoms with Crippen molar-refractivity contribution in [1.82, 2.24) is 15.1 Å². The van der Waals surface area contributed by atoms with Gasteiger partial charge in [0.25, 0.3) is 0 Å². The molecule has 1 fully saturated rings. The van der Waals surface area contributed by atoms with E-state index in [0.29, 0.717) is 32.2 Å². The molecule has 1 atom stereocenters. The second kappa shape index (κ2) is 10.6. The second-order valence-electron chi connectivity index (χ2n) is 6.73. The summed E-state index contributed by atoms with van der Waals surface area (Å²) in [5.74, 6) is 0.719. The molecule has 1 aliphatic heterocycles. The highest BCUT2D eigenvalue weighted by Crippen LogP contribution is 2.30. The van der Waals surface area contributed by atoms with Crippen LogP contribution in [-0.4, -0.2) is 74.4 Å². The van der Waals surface area contributed by atoms with Gasteiger partial charge in [-0.1, -0.05) is 6.07 Å². The van der Waals surface area contributed by atoms with Gasteiger partial charge < -0.3 is 19.7 Å². The van der Waals surface area contributed by atoms with Crippen molar-refractivity contribution in [3.63, 3.8) is 0 Å². The van der Waals surface area contributed by atoms with Gasteiger partial charge in [-0.3, -0.25) is 9.89 Å². The van der Waals surface area contributed by atoms with Crippen LogP contribution in [-0.2, 0) is 6.54 Å². The van der Waals surface area contributed by atoms with E-state index < -0.39 is 18.8 Å². The Labute approximate surface area is 172 Å². The van der Waals surface area contributed by atoms with Crippen LogP contribution < -0.4 is 14.8 Å². The fraction of sp³-hybridized carbons (Fsp3) is 0.632. The summed E-state index contributed by atoms with van der Waals surface area (Å²) in [5, 5.41) is 3.15. The predicted molar refractivity (Wildman–Crippen MR) is 103 cm³/mol. The Morgan fingerprint density at radius 3 is 2.37 bits per heavy atom. The number of alkyl halides is 5. The summed E-state index contributed by atoms with van der Waals surface area (Å²) in [7, 11) is 1.60. The summed E-state index contributed by atoms with van der Waals surface area (Å²) < 4.78 is 73.5. The molecule has 11 heteroatoms. The monoisotopic (exact) mass is 438 g/mol. The van der Waals surface area contributed by atoms with Gasteiger partial charge in [-0.2, -0.15) is 22.0 Å². The summed E-state index contributed by atoms with van der Waals surface area (Å²) in [4.78, 5) is 7.49. The van der Waals surface area contributed by atoms with Crippen molar-refractivity contribution in [3.05, 3.63) is 23.8 Å². The summed E-state index contributed by atoms with van der Waals surface area (Å²) in [6.45, 7) is 1.94. The highest BCUT2D eigenvalue weighted by Gasteiger charge is 2.41. The van der Waals surface area contributed by atoms with Gasteiger partial charge in [-0.05, 0) is 31.5 Å². The molecule has 1 aromatic rings. The number of guanidine groups is 1. The summed E-state index contributed by atoms with van der Waals surface area (Å²) in [6.07, 6.45) is -4.25. The van der Waals surface area contributed by atoms with Gasteiger partial charge in [-0.25, -0.2) is 0 Å². The topological polar surface area (TPSA) is 49.3 Å². The molecule has 1 heterocycles. The number of piperazine rings is 1.